The molecule has 1 fully saturated rings. The van der Waals surface area contributed by atoms with Gasteiger partial charge in [0.25, 0.3) is 0 Å². The molecule has 0 saturated heterocycles. The van der Waals surface area contributed by atoms with Gasteiger partial charge in [-0.2, -0.15) is 0 Å². The van der Waals surface area contributed by atoms with Crippen molar-refractivity contribution in [2.24, 2.45) is 0 Å². The molecule has 0 bridgehead atoms. The molecule has 4 nitrogen and oxygen atoms in total. The minimum absolute atomic E-state index is 0.00263. The molecule has 1 saturated carbocycles. The van der Waals surface area contributed by atoms with Crippen LogP contribution in [0.5, 0.6) is 0 Å². The summed E-state index contributed by atoms with van der Waals surface area (Å²) in [6.07, 6.45) is 8.40. The summed E-state index contributed by atoms with van der Waals surface area (Å²) < 4.78 is 0. The van der Waals surface area contributed by atoms with E-state index in [9.17, 15) is 9.59 Å². The number of carbonyl (C=O) groups excluding carboxylic acids is 2. The van der Waals surface area contributed by atoms with Gasteiger partial charge in [0.1, 0.15) is 6.04 Å². The van der Waals surface area contributed by atoms with Gasteiger partial charge in [-0.1, -0.05) is 87.2 Å². The first-order valence-electron chi connectivity index (χ1n) is 12.7. The number of nitrogens with one attached hydrogen (secondary N) is 1. The molecule has 0 aliphatic heterocycles. The summed E-state index contributed by atoms with van der Waals surface area (Å²) in [5.41, 5.74) is 4.71. The summed E-state index contributed by atoms with van der Waals surface area (Å²) >= 11 is 0. The predicted molar refractivity (Wildman–Crippen MR) is 135 cm³/mol. The molecule has 0 heterocycles. The van der Waals surface area contributed by atoms with Crippen LogP contribution in [0.25, 0.3) is 0 Å². The topological polar surface area (TPSA) is 49.4 Å². The van der Waals surface area contributed by atoms with Crippen LogP contribution < -0.4 is 5.32 Å². The number of amides is 2. The molecule has 2 aromatic carbocycles. The van der Waals surface area contributed by atoms with Crippen molar-refractivity contribution in [3.05, 3.63) is 70.8 Å². The van der Waals surface area contributed by atoms with E-state index in [4.69, 9.17) is 0 Å². The first-order valence-corrected chi connectivity index (χ1v) is 12.7. The van der Waals surface area contributed by atoms with Crippen LogP contribution in [-0.4, -0.2) is 28.8 Å². The van der Waals surface area contributed by atoms with E-state index in [1.165, 1.54) is 30.4 Å². The highest BCUT2D eigenvalue weighted by Gasteiger charge is 2.30. The van der Waals surface area contributed by atoms with Gasteiger partial charge in [0.15, 0.2) is 0 Å². The first-order chi connectivity index (χ1) is 16.0. The number of benzene rings is 2. The summed E-state index contributed by atoms with van der Waals surface area (Å²) in [6.45, 7) is 6.67. The SMILES string of the molecule is CCc1ccc(CCC(=O)N(Cc2ccc(C)cc2)C(CC)C(=O)NC2CCCCC2)cc1. The molecule has 1 N–H and O–H groups in total. The van der Waals surface area contributed by atoms with Gasteiger partial charge in [-0.15, -0.1) is 0 Å². The van der Waals surface area contributed by atoms with Gasteiger partial charge in [-0.25, -0.2) is 0 Å². The Hall–Kier alpha value is -2.62. The van der Waals surface area contributed by atoms with Gasteiger partial charge >= 0.3 is 0 Å². The lowest BCUT2D eigenvalue weighted by molar-refractivity contribution is -0.141. The summed E-state index contributed by atoms with van der Waals surface area (Å²) in [5.74, 6) is 0.0398. The minimum atomic E-state index is -0.441. The predicted octanol–water partition coefficient (Wildman–Crippen LogP) is 5.75. The summed E-state index contributed by atoms with van der Waals surface area (Å²) in [4.78, 5) is 28.5. The van der Waals surface area contributed by atoms with Gasteiger partial charge in [0.05, 0.1) is 0 Å². The Morgan fingerprint density at radius 2 is 1.52 bits per heavy atom. The minimum Gasteiger partial charge on any atom is -0.352 e. The zero-order valence-electron chi connectivity index (χ0n) is 20.6. The number of aryl methyl sites for hydroxylation is 3. The normalized spacial score (nSPS) is 15.1. The van der Waals surface area contributed by atoms with Gasteiger partial charge in [-0.05, 0) is 55.7 Å². The summed E-state index contributed by atoms with van der Waals surface area (Å²) in [7, 11) is 0. The monoisotopic (exact) mass is 448 g/mol. The van der Waals surface area contributed by atoms with Crippen LogP contribution in [0.4, 0.5) is 0 Å². The Labute approximate surface area is 199 Å². The van der Waals surface area contributed by atoms with Gasteiger partial charge in [-0.3, -0.25) is 9.59 Å². The average Bonchev–Trinajstić information content (AvgIpc) is 2.84. The van der Waals surface area contributed by atoms with Crippen molar-refractivity contribution in [2.75, 3.05) is 0 Å². The quantitative estimate of drug-likeness (QED) is 0.503. The van der Waals surface area contributed by atoms with E-state index in [2.05, 4.69) is 67.7 Å². The van der Waals surface area contributed by atoms with Crippen molar-refractivity contribution >= 4 is 11.8 Å². The van der Waals surface area contributed by atoms with Crippen molar-refractivity contribution in [2.45, 2.75) is 97.2 Å². The third kappa shape index (κ3) is 7.45. The second-order valence-electron chi connectivity index (χ2n) is 9.44. The van der Waals surface area contributed by atoms with E-state index >= 15 is 0 Å². The lowest BCUT2D eigenvalue weighted by atomic mass is 9.95. The van der Waals surface area contributed by atoms with Gasteiger partial charge < -0.3 is 10.2 Å². The molecule has 0 radical (unpaired) electrons. The second-order valence-corrected chi connectivity index (χ2v) is 9.44. The largest absolute Gasteiger partial charge is 0.352 e. The third-order valence-electron chi connectivity index (χ3n) is 6.87. The molecular weight excluding hydrogens is 408 g/mol. The Kier molecular flexibility index (Phi) is 9.53. The van der Waals surface area contributed by atoms with E-state index < -0.39 is 6.04 Å². The lowest BCUT2D eigenvalue weighted by Crippen LogP contribution is -2.51. The molecule has 0 spiro atoms. The average molecular weight is 449 g/mol. The van der Waals surface area contributed by atoms with Gasteiger partial charge in [0, 0.05) is 19.0 Å². The molecule has 1 aliphatic carbocycles. The fraction of sp³-hybridized carbons (Fsp3) is 0.517. The van der Waals surface area contributed by atoms with Crippen LogP contribution in [0.3, 0.4) is 0 Å². The van der Waals surface area contributed by atoms with Crippen molar-refractivity contribution in [3.63, 3.8) is 0 Å². The molecule has 0 aromatic heterocycles. The summed E-state index contributed by atoms with van der Waals surface area (Å²) in [6, 6.07) is 16.6. The fourth-order valence-electron chi connectivity index (χ4n) is 4.69. The lowest BCUT2D eigenvalue weighted by Gasteiger charge is -2.33. The molecule has 1 atom stereocenters. The van der Waals surface area contributed by atoms with E-state index in [0.29, 0.717) is 25.8 Å². The highest BCUT2D eigenvalue weighted by atomic mass is 16.2. The molecule has 178 valence electrons. The van der Waals surface area contributed by atoms with E-state index in [1.807, 2.05) is 11.8 Å². The standard InChI is InChI=1S/C29H40N2O2/c1-4-23-15-17-24(18-16-23)19-20-28(32)31(21-25-13-11-22(3)12-14-25)27(5-2)29(33)30-26-9-7-6-8-10-26/h11-18,26-27H,4-10,19-21H2,1-3H3,(H,30,33). The molecule has 2 aromatic rings. The molecule has 33 heavy (non-hydrogen) atoms. The first kappa shape index (κ1) is 25.0. The van der Waals surface area contributed by atoms with E-state index in [-0.39, 0.29) is 17.9 Å². The Bertz CT molecular complexity index is 883. The molecule has 4 heteroatoms. The van der Waals surface area contributed by atoms with Crippen LogP contribution in [0.15, 0.2) is 48.5 Å². The number of hydrogen-bond donors (Lipinski definition) is 1. The molecular formula is C29H40N2O2. The zero-order valence-corrected chi connectivity index (χ0v) is 20.6. The van der Waals surface area contributed by atoms with Crippen LogP contribution in [0.1, 0.15) is 81.0 Å². The van der Waals surface area contributed by atoms with Crippen LogP contribution in [-0.2, 0) is 29.0 Å². The van der Waals surface area contributed by atoms with Crippen LogP contribution in [0, 0.1) is 6.92 Å². The van der Waals surface area contributed by atoms with Crippen LogP contribution in [0.2, 0.25) is 0 Å². The van der Waals surface area contributed by atoms with E-state index in [0.717, 1.165) is 30.4 Å². The fourth-order valence-corrected chi connectivity index (χ4v) is 4.69. The van der Waals surface area contributed by atoms with Crippen molar-refractivity contribution in [1.82, 2.24) is 10.2 Å². The molecule has 1 unspecified atom stereocenters. The maximum Gasteiger partial charge on any atom is 0.243 e. The number of nitrogens with zero attached hydrogens (tertiary/aromatic N) is 1. The van der Waals surface area contributed by atoms with E-state index in [1.54, 1.807) is 0 Å². The summed E-state index contributed by atoms with van der Waals surface area (Å²) in [5, 5.41) is 3.25. The van der Waals surface area contributed by atoms with Crippen molar-refractivity contribution < 1.29 is 9.59 Å². The second kappa shape index (κ2) is 12.6. The number of carbonyl (C=O) groups is 2. The third-order valence-corrected chi connectivity index (χ3v) is 6.87. The Morgan fingerprint density at radius 3 is 2.12 bits per heavy atom. The Morgan fingerprint density at radius 1 is 0.909 bits per heavy atom. The molecule has 3 rings (SSSR count). The van der Waals surface area contributed by atoms with Crippen molar-refractivity contribution in [3.8, 4) is 0 Å². The van der Waals surface area contributed by atoms with Crippen molar-refractivity contribution in [1.29, 1.82) is 0 Å². The number of hydrogen-bond acceptors (Lipinski definition) is 2. The number of rotatable bonds is 10. The Balaban J connectivity index is 1.73. The maximum atomic E-state index is 13.5. The highest BCUT2D eigenvalue weighted by molar-refractivity contribution is 5.88. The van der Waals surface area contributed by atoms with Crippen LogP contribution >= 0.6 is 0 Å². The van der Waals surface area contributed by atoms with Gasteiger partial charge in [0.2, 0.25) is 11.8 Å². The smallest absolute Gasteiger partial charge is 0.243 e. The zero-order chi connectivity index (χ0) is 23.6. The maximum absolute atomic E-state index is 13.5. The highest BCUT2D eigenvalue weighted by Crippen LogP contribution is 2.20. The molecule has 1 aliphatic rings. The molecule has 2 amide bonds.